The van der Waals surface area contributed by atoms with Crippen molar-refractivity contribution in [2.24, 2.45) is 0 Å². The lowest BCUT2D eigenvalue weighted by atomic mass is 9.91. The van der Waals surface area contributed by atoms with Crippen LogP contribution in [0.25, 0.3) is 11.3 Å². The molecule has 10 heteroatoms. The van der Waals surface area contributed by atoms with Crippen LogP contribution in [0.2, 0.25) is 0 Å². The second-order valence-electron chi connectivity index (χ2n) is 8.74. The average molecular weight is 456 g/mol. The Morgan fingerprint density at radius 3 is 2.45 bits per heavy atom. The van der Waals surface area contributed by atoms with Crippen LogP contribution in [0.4, 0.5) is 10.3 Å². The van der Waals surface area contributed by atoms with E-state index in [0.29, 0.717) is 31.3 Å². The third kappa shape index (κ3) is 6.44. The molecule has 0 radical (unpaired) electrons. The van der Waals surface area contributed by atoms with Crippen LogP contribution in [-0.4, -0.2) is 76.7 Å². The Morgan fingerprint density at radius 2 is 1.76 bits per heavy atom. The maximum absolute atomic E-state index is 13.2. The molecule has 33 heavy (non-hydrogen) atoms. The van der Waals surface area contributed by atoms with Crippen LogP contribution >= 0.6 is 0 Å². The molecule has 176 valence electrons. The van der Waals surface area contributed by atoms with E-state index in [1.807, 2.05) is 4.90 Å². The van der Waals surface area contributed by atoms with Crippen LogP contribution in [0.3, 0.4) is 0 Å². The lowest BCUT2D eigenvalue weighted by Gasteiger charge is -2.35. The Hall–Kier alpha value is -3.14. The van der Waals surface area contributed by atoms with Crippen LogP contribution in [0.5, 0.6) is 0 Å². The highest BCUT2D eigenvalue weighted by Gasteiger charge is 2.26. The van der Waals surface area contributed by atoms with E-state index in [2.05, 4.69) is 30.7 Å². The average Bonchev–Trinajstić information content (AvgIpc) is 2.80. The highest BCUT2D eigenvalue weighted by Crippen LogP contribution is 2.20. The first-order valence-electron chi connectivity index (χ1n) is 11.5. The number of amides is 2. The predicted octanol–water partition coefficient (Wildman–Crippen LogP) is 1.36. The summed E-state index contributed by atoms with van der Waals surface area (Å²) in [5.41, 5.74) is 1.43. The fourth-order valence-corrected chi connectivity index (χ4v) is 4.51. The lowest BCUT2D eigenvalue weighted by molar-refractivity contribution is -0.123. The molecular weight excluding hydrogens is 425 g/mol. The molecule has 1 aliphatic heterocycles. The summed E-state index contributed by atoms with van der Waals surface area (Å²) in [6.45, 7) is 4.70. The molecule has 0 bridgehead atoms. The number of carbonyl (C=O) groups is 2. The topological polar surface area (TPSA) is 103 Å². The maximum Gasteiger partial charge on any atom is 0.245 e. The number of hydrogen-bond acceptors (Lipinski definition) is 7. The van der Waals surface area contributed by atoms with Gasteiger partial charge in [0, 0.05) is 50.7 Å². The number of nitrogens with zero attached hydrogens (tertiary/aromatic N) is 5. The Kier molecular flexibility index (Phi) is 7.43. The zero-order valence-corrected chi connectivity index (χ0v) is 18.8. The first-order chi connectivity index (χ1) is 16.0. The van der Waals surface area contributed by atoms with E-state index < -0.39 is 0 Å². The van der Waals surface area contributed by atoms with Gasteiger partial charge in [-0.15, -0.1) is 5.10 Å². The van der Waals surface area contributed by atoms with E-state index in [1.165, 1.54) is 19.1 Å². The van der Waals surface area contributed by atoms with Crippen molar-refractivity contribution in [1.82, 2.24) is 30.7 Å². The summed E-state index contributed by atoms with van der Waals surface area (Å²) >= 11 is 0. The first-order valence-corrected chi connectivity index (χ1v) is 11.5. The summed E-state index contributed by atoms with van der Waals surface area (Å²) in [4.78, 5) is 32.6. The summed E-state index contributed by atoms with van der Waals surface area (Å²) in [6, 6.07) is 6.39. The van der Waals surface area contributed by atoms with E-state index in [-0.39, 0.29) is 29.7 Å². The number of rotatable bonds is 6. The van der Waals surface area contributed by atoms with Crippen LogP contribution in [-0.2, 0) is 9.59 Å². The van der Waals surface area contributed by atoms with E-state index in [1.54, 1.807) is 18.3 Å². The number of hydrogen-bond donors (Lipinski definition) is 2. The van der Waals surface area contributed by atoms with Gasteiger partial charge in [0.05, 0.1) is 18.4 Å². The Balaban J connectivity index is 1.25. The number of anilines is 1. The van der Waals surface area contributed by atoms with Gasteiger partial charge in [-0.1, -0.05) is 0 Å². The number of aromatic nitrogens is 3. The molecule has 2 N–H and O–H groups in total. The predicted molar refractivity (Wildman–Crippen MR) is 122 cm³/mol. The minimum absolute atomic E-state index is 0.0211. The van der Waals surface area contributed by atoms with Crippen molar-refractivity contribution in [1.29, 1.82) is 0 Å². The molecule has 1 aromatic heterocycles. The Labute approximate surface area is 192 Å². The van der Waals surface area contributed by atoms with Gasteiger partial charge in [-0.3, -0.25) is 14.5 Å². The van der Waals surface area contributed by atoms with Gasteiger partial charge in [0.15, 0.2) is 0 Å². The van der Waals surface area contributed by atoms with E-state index in [9.17, 15) is 14.0 Å². The quantitative estimate of drug-likeness (QED) is 0.678. The standard InChI is InChI=1S/C23H30FN7O2/c1-16(32)26-19-3-2-4-20(13-19)27-22(33)15-30-9-11-31(12-10-30)23-28-21(14-25-29-23)17-5-7-18(24)8-6-17/h5-8,14,19-20H,2-4,9-13,15H2,1H3,(H,26,32)(H,27,33). The van der Waals surface area contributed by atoms with Crippen LogP contribution in [0.1, 0.15) is 32.6 Å². The molecule has 1 saturated heterocycles. The Bertz CT molecular complexity index is 964. The Morgan fingerprint density at radius 1 is 1.06 bits per heavy atom. The summed E-state index contributed by atoms with van der Waals surface area (Å²) < 4.78 is 13.2. The number of carbonyl (C=O) groups excluding carboxylic acids is 2. The fourth-order valence-electron chi connectivity index (χ4n) is 4.51. The number of halogens is 1. The molecule has 2 heterocycles. The summed E-state index contributed by atoms with van der Waals surface area (Å²) in [5.74, 6) is 0.240. The van der Waals surface area contributed by atoms with E-state index >= 15 is 0 Å². The summed E-state index contributed by atoms with van der Waals surface area (Å²) in [7, 11) is 0. The SMILES string of the molecule is CC(=O)NC1CCCC(NC(=O)CN2CCN(c3nncc(-c4ccc(F)cc4)n3)CC2)C1. The maximum atomic E-state index is 13.2. The fraction of sp³-hybridized carbons (Fsp3) is 0.522. The highest BCUT2D eigenvalue weighted by atomic mass is 19.1. The van der Waals surface area contributed by atoms with Gasteiger partial charge in [0.2, 0.25) is 17.8 Å². The third-order valence-electron chi connectivity index (χ3n) is 6.16. The van der Waals surface area contributed by atoms with Gasteiger partial charge in [0.1, 0.15) is 5.82 Å². The highest BCUT2D eigenvalue weighted by molar-refractivity contribution is 5.78. The van der Waals surface area contributed by atoms with Gasteiger partial charge in [-0.2, -0.15) is 5.10 Å². The van der Waals surface area contributed by atoms with Gasteiger partial charge in [-0.25, -0.2) is 9.37 Å². The zero-order valence-electron chi connectivity index (χ0n) is 18.8. The first kappa shape index (κ1) is 23.0. The minimum atomic E-state index is -0.294. The van der Waals surface area contributed by atoms with Crippen molar-refractivity contribution in [2.45, 2.75) is 44.7 Å². The molecule has 2 aliphatic rings. The normalized spacial score (nSPS) is 21.5. The molecule has 2 fully saturated rings. The summed E-state index contributed by atoms with van der Waals surface area (Å²) in [6.07, 6.45) is 5.27. The van der Waals surface area contributed by atoms with Crippen molar-refractivity contribution in [3.05, 3.63) is 36.3 Å². The second kappa shape index (κ2) is 10.7. The monoisotopic (exact) mass is 455 g/mol. The van der Waals surface area contributed by atoms with Crippen molar-refractivity contribution in [2.75, 3.05) is 37.6 Å². The molecule has 2 atom stereocenters. The van der Waals surface area contributed by atoms with Gasteiger partial charge in [-0.05, 0) is 49.9 Å². The van der Waals surface area contributed by atoms with E-state index in [4.69, 9.17) is 0 Å². The van der Waals surface area contributed by atoms with Crippen LogP contribution in [0.15, 0.2) is 30.5 Å². The molecule has 2 unspecified atom stereocenters. The van der Waals surface area contributed by atoms with Crippen LogP contribution in [0, 0.1) is 5.82 Å². The van der Waals surface area contributed by atoms with Gasteiger partial charge in [0.25, 0.3) is 0 Å². The van der Waals surface area contributed by atoms with Gasteiger partial charge < -0.3 is 15.5 Å². The molecule has 0 spiro atoms. The molecule has 1 aliphatic carbocycles. The van der Waals surface area contributed by atoms with Crippen LogP contribution < -0.4 is 15.5 Å². The van der Waals surface area contributed by atoms with Gasteiger partial charge >= 0.3 is 0 Å². The zero-order chi connectivity index (χ0) is 23.2. The molecule has 2 aromatic rings. The molecule has 9 nitrogen and oxygen atoms in total. The van der Waals surface area contributed by atoms with Crippen molar-refractivity contribution in [3.8, 4) is 11.3 Å². The summed E-state index contributed by atoms with van der Waals surface area (Å²) in [5, 5.41) is 14.3. The number of benzene rings is 1. The van der Waals surface area contributed by atoms with E-state index in [0.717, 1.165) is 44.3 Å². The second-order valence-corrected chi connectivity index (χ2v) is 8.74. The molecule has 2 amide bonds. The third-order valence-corrected chi connectivity index (χ3v) is 6.16. The van der Waals surface area contributed by atoms with Crippen molar-refractivity contribution >= 4 is 17.8 Å². The smallest absolute Gasteiger partial charge is 0.245 e. The largest absolute Gasteiger partial charge is 0.354 e. The molecule has 1 saturated carbocycles. The number of nitrogens with one attached hydrogen (secondary N) is 2. The molecular formula is C23H30FN7O2. The van der Waals surface area contributed by atoms with Crippen molar-refractivity contribution < 1.29 is 14.0 Å². The lowest BCUT2D eigenvalue weighted by Crippen LogP contribution is -2.52. The minimum Gasteiger partial charge on any atom is -0.354 e. The number of piperazine rings is 1. The van der Waals surface area contributed by atoms with Crippen molar-refractivity contribution in [3.63, 3.8) is 0 Å². The molecule has 4 rings (SSSR count). The molecule has 1 aromatic carbocycles.